The predicted octanol–water partition coefficient (Wildman–Crippen LogP) is 4.04. The predicted molar refractivity (Wildman–Crippen MR) is 124 cm³/mol. The van der Waals surface area contributed by atoms with Crippen molar-refractivity contribution in [2.45, 2.75) is 31.7 Å². The van der Waals surface area contributed by atoms with Gasteiger partial charge in [0.1, 0.15) is 21.9 Å². The normalized spacial score (nSPS) is 13.5. The summed E-state index contributed by atoms with van der Waals surface area (Å²) in [7, 11) is 0. The van der Waals surface area contributed by atoms with Crippen molar-refractivity contribution in [2.24, 2.45) is 0 Å². The number of aromatic nitrogens is 2. The number of fused-ring (bicyclic) bond motifs is 1. The van der Waals surface area contributed by atoms with E-state index in [2.05, 4.69) is 29.1 Å². The first-order valence-electron chi connectivity index (χ1n) is 10.2. The van der Waals surface area contributed by atoms with Crippen molar-refractivity contribution < 1.29 is 14.3 Å². The van der Waals surface area contributed by atoms with Crippen molar-refractivity contribution in [2.75, 3.05) is 30.8 Å². The lowest BCUT2D eigenvalue weighted by Crippen LogP contribution is -2.32. The lowest BCUT2D eigenvalue weighted by Gasteiger charge is -2.15. The van der Waals surface area contributed by atoms with E-state index in [-0.39, 0.29) is 24.2 Å². The molecule has 1 aliphatic heterocycles. The highest BCUT2D eigenvalue weighted by atomic mass is 32.2. The number of aryl methyl sites for hydroxylation is 2. The smallest absolute Gasteiger partial charge is 0.260 e. The summed E-state index contributed by atoms with van der Waals surface area (Å²) >= 11 is 3.04. The average Bonchev–Trinajstić information content (AvgIpc) is 3.40. The molecule has 0 unspecified atom stereocenters. The summed E-state index contributed by atoms with van der Waals surface area (Å²) in [4.78, 5) is 37.3. The van der Waals surface area contributed by atoms with Gasteiger partial charge in [0.05, 0.1) is 5.75 Å². The van der Waals surface area contributed by atoms with E-state index in [0.717, 1.165) is 46.7 Å². The van der Waals surface area contributed by atoms with Crippen molar-refractivity contribution in [3.05, 3.63) is 41.0 Å². The Kier molecular flexibility index (Phi) is 6.72. The summed E-state index contributed by atoms with van der Waals surface area (Å²) < 4.78 is 5.63. The van der Waals surface area contributed by atoms with Crippen LogP contribution in [-0.4, -0.2) is 52.1 Å². The second kappa shape index (κ2) is 9.65. The van der Waals surface area contributed by atoms with Crippen LogP contribution in [0.15, 0.2) is 35.6 Å². The van der Waals surface area contributed by atoms with Gasteiger partial charge in [-0.15, -0.1) is 11.3 Å². The van der Waals surface area contributed by atoms with E-state index in [9.17, 15) is 9.59 Å². The molecule has 1 N–H and O–H groups in total. The highest BCUT2D eigenvalue weighted by Crippen LogP contribution is 2.34. The molecule has 0 atom stereocenters. The number of thiophene rings is 1. The average molecular weight is 457 g/mol. The van der Waals surface area contributed by atoms with Crippen LogP contribution in [0.5, 0.6) is 5.75 Å². The Labute approximate surface area is 189 Å². The summed E-state index contributed by atoms with van der Waals surface area (Å²) in [5.74, 6) is 0.656. The number of likely N-dealkylation sites (tertiary alicyclic amines) is 1. The molecule has 4 rings (SSSR count). The summed E-state index contributed by atoms with van der Waals surface area (Å²) in [6, 6.07) is 7.10. The molecular weight excluding hydrogens is 432 g/mol. The number of hydrogen-bond donors (Lipinski definition) is 1. The maximum atomic E-state index is 12.5. The number of carbonyl (C=O) groups excluding carboxylic acids is 2. The van der Waals surface area contributed by atoms with Crippen molar-refractivity contribution in [3.63, 3.8) is 0 Å². The number of benzene rings is 1. The SMILES string of the molecule is Cc1sc2ncnc(SCC(=O)Nc3cccc(OCC(=O)N4CCCC4)c3)c2c1C. The largest absolute Gasteiger partial charge is 0.484 e. The van der Waals surface area contributed by atoms with Crippen LogP contribution in [-0.2, 0) is 9.59 Å². The molecule has 3 heterocycles. The first-order valence-corrected chi connectivity index (χ1v) is 12.0. The minimum Gasteiger partial charge on any atom is -0.484 e. The molecule has 1 saturated heterocycles. The zero-order valence-corrected chi connectivity index (χ0v) is 19.1. The van der Waals surface area contributed by atoms with E-state index < -0.39 is 0 Å². The highest BCUT2D eigenvalue weighted by molar-refractivity contribution is 8.00. The molecule has 2 amide bonds. The molecule has 0 radical (unpaired) electrons. The fraction of sp³-hybridized carbons (Fsp3) is 0.364. The third-order valence-corrected chi connectivity index (χ3v) is 7.31. The molecular formula is C22H24N4O3S2. The molecule has 31 heavy (non-hydrogen) atoms. The fourth-order valence-corrected chi connectivity index (χ4v) is 5.37. The van der Waals surface area contributed by atoms with Gasteiger partial charge in [0.2, 0.25) is 5.91 Å². The summed E-state index contributed by atoms with van der Waals surface area (Å²) in [6.07, 6.45) is 3.65. The van der Waals surface area contributed by atoms with E-state index in [0.29, 0.717) is 11.4 Å². The maximum absolute atomic E-state index is 12.5. The number of nitrogens with one attached hydrogen (secondary N) is 1. The van der Waals surface area contributed by atoms with Crippen LogP contribution in [0.4, 0.5) is 5.69 Å². The van der Waals surface area contributed by atoms with Crippen LogP contribution in [0.25, 0.3) is 10.2 Å². The third-order valence-electron chi connectivity index (χ3n) is 5.21. The van der Waals surface area contributed by atoms with Crippen molar-refractivity contribution in [1.82, 2.24) is 14.9 Å². The molecule has 2 aromatic heterocycles. The molecule has 0 spiro atoms. The van der Waals surface area contributed by atoms with Gasteiger partial charge in [-0.3, -0.25) is 9.59 Å². The molecule has 9 heteroatoms. The van der Waals surface area contributed by atoms with Crippen LogP contribution < -0.4 is 10.1 Å². The van der Waals surface area contributed by atoms with Crippen LogP contribution >= 0.6 is 23.1 Å². The van der Waals surface area contributed by atoms with Crippen molar-refractivity contribution >= 4 is 50.8 Å². The molecule has 0 aliphatic carbocycles. The van der Waals surface area contributed by atoms with E-state index in [1.165, 1.54) is 16.6 Å². The third kappa shape index (κ3) is 5.16. The number of thioether (sulfide) groups is 1. The number of ether oxygens (including phenoxy) is 1. The Hall–Kier alpha value is -2.65. The second-order valence-electron chi connectivity index (χ2n) is 7.38. The van der Waals surface area contributed by atoms with Gasteiger partial charge >= 0.3 is 0 Å². The molecule has 1 fully saturated rings. The quantitative estimate of drug-likeness (QED) is 0.427. The molecule has 7 nitrogen and oxygen atoms in total. The van der Waals surface area contributed by atoms with Crippen LogP contribution in [0.1, 0.15) is 23.3 Å². The van der Waals surface area contributed by atoms with Crippen LogP contribution in [0, 0.1) is 13.8 Å². The number of nitrogens with zero attached hydrogens (tertiary/aromatic N) is 3. The Morgan fingerprint density at radius 2 is 2.03 bits per heavy atom. The van der Waals surface area contributed by atoms with Gasteiger partial charge in [-0.2, -0.15) is 0 Å². The second-order valence-corrected chi connectivity index (χ2v) is 9.55. The standard InChI is InChI=1S/C22H24N4O3S2/c1-14-15(2)31-22-20(14)21(23-13-24-22)30-12-18(27)25-16-6-5-7-17(10-16)29-11-19(28)26-8-3-4-9-26/h5-7,10,13H,3-4,8-9,11-12H2,1-2H3,(H,25,27). The first-order chi connectivity index (χ1) is 15.0. The zero-order chi connectivity index (χ0) is 21.8. The minimum absolute atomic E-state index is 0.00142. The monoisotopic (exact) mass is 456 g/mol. The number of amides is 2. The van der Waals surface area contributed by atoms with E-state index in [1.807, 2.05) is 4.90 Å². The van der Waals surface area contributed by atoms with Gasteiger partial charge in [0.15, 0.2) is 6.61 Å². The zero-order valence-electron chi connectivity index (χ0n) is 17.5. The highest BCUT2D eigenvalue weighted by Gasteiger charge is 2.18. The van der Waals surface area contributed by atoms with Gasteiger partial charge < -0.3 is 15.0 Å². The topological polar surface area (TPSA) is 84.4 Å². The maximum Gasteiger partial charge on any atom is 0.260 e. The van der Waals surface area contributed by atoms with Gasteiger partial charge in [-0.25, -0.2) is 9.97 Å². The van der Waals surface area contributed by atoms with Crippen molar-refractivity contribution in [3.8, 4) is 5.75 Å². The van der Waals surface area contributed by atoms with E-state index in [1.54, 1.807) is 41.9 Å². The lowest BCUT2D eigenvalue weighted by molar-refractivity contribution is -0.132. The minimum atomic E-state index is -0.133. The Morgan fingerprint density at radius 3 is 2.84 bits per heavy atom. The van der Waals surface area contributed by atoms with E-state index in [4.69, 9.17) is 4.74 Å². The summed E-state index contributed by atoms with van der Waals surface area (Å²) in [5, 5.41) is 4.73. The summed E-state index contributed by atoms with van der Waals surface area (Å²) in [5.41, 5.74) is 1.80. The Bertz CT molecular complexity index is 1110. The summed E-state index contributed by atoms with van der Waals surface area (Å²) in [6.45, 7) is 5.74. The van der Waals surface area contributed by atoms with Gasteiger partial charge in [0, 0.05) is 35.1 Å². The first kappa shape index (κ1) is 21.6. The van der Waals surface area contributed by atoms with Crippen molar-refractivity contribution in [1.29, 1.82) is 0 Å². The molecule has 3 aromatic rings. The van der Waals surface area contributed by atoms with Gasteiger partial charge in [0.25, 0.3) is 5.91 Å². The fourth-order valence-electron chi connectivity index (χ4n) is 3.46. The molecule has 0 saturated carbocycles. The number of rotatable bonds is 7. The molecule has 1 aromatic carbocycles. The molecule has 162 valence electrons. The van der Waals surface area contributed by atoms with Crippen LogP contribution in [0.2, 0.25) is 0 Å². The number of hydrogen-bond acceptors (Lipinski definition) is 7. The van der Waals surface area contributed by atoms with E-state index >= 15 is 0 Å². The Balaban J connectivity index is 1.33. The molecule has 0 bridgehead atoms. The lowest BCUT2D eigenvalue weighted by atomic mass is 10.2. The van der Waals surface area contributed by atoms with Crippen LogP contribution in [0.3, 0.4) is 0 Å². The van der Waals surface area contributed by atoms with Gasteiger partial charge in [-0.05, 0) is 44.4 Å². The number of carbonyl (C=O) groups is 2. The van der Waals surface area contributed by atoms with Gasteiger partial charge in [-0.1, -0.05) is 17.8 Å². The number of anilines is 1. The molecule has 1 aliphatic rings. The Morgan fingerprint density at radius 1 is 1.23 bits per heavy atom.